The fourth-order valence-electron chi connectivity index (χ4n) is 6.08. The number of thioether (sulfide) groups is 1. The molecule has 206 valence electrons. The van der Waals surface area contributed by atoms with Crippen LogP contribution in [0.25, 0.3) is 16.7 Å². The van der Waals surface area contributed by atoms with Gasteiger partial charge in [-0.3, -0.25) is 4.57 Å². The van der Waals surface area contributed by atoms with E-state index in [-0.39, 0.29) is 16.6 Å². The molecule has 1 atom stereocenters. The Morgan fingerprint density at radius 2 is 1.85 bits per heavy atom. The number of aliphatic hydroxyl groups excluding tert-OH is 1. The maximum Gasteiger partial charge on any atom is 0.349 e. The summed E-state index contributed by atoms with van der Waals surface area (Å²) >= 11 is 7.54. The van der Waals surface area contributed by atoms with Crippen LogP contribution in [0.15, 0.2) is 88.6 Å². The van der Waals surface area contributed by atoms with E-state index in [0.717, 1.165) is 48.0 Å². The van der Waals surface area contributed by atoms with Crippen LogP contribution >= 0.6 is 23.4 Å². The first-order chi connectivity index (χ1) is 19.5. The van der Waals surface area contributed by atoms with Crippen molar-refractivity contribution in [3.8, 4) is 11.4 Å². The third kappa shape index (κ3) is 5.08. The molecule has 3 aromatic carbocycles. The topological polar surface area (TPSA) is 73.6 Å². The number of nitrogens with zero attached hydrogens (tertiary/aromatic N) is 2. The normalized spacial score (nSPS) is 19.8. The molecule has 1 saturated carbocycles. The van der Waals surface area contributed by atoms with E-state index in [1.54, 1.807) is 7.11 Å². The third-order valence-electron chi connectivity index (χ3n) is 8.10. The number of aliphatic hydroxyl groups is 1. The summed E-state index contributed by atoms with van der Waals surface area (Å²) in [5, 5.41) is 12.6. The number of ether oxygens (including phenoxy) is 2. The summed E-state index contributed by atoms with van der Waals surface area (Å²) in [5.74, 6) is 0.421. The number of methoxy groups -OCH3 is 1. The Bertz CT molecular complexity index is 1580. The zero-order valence-corrected chi connectivity index (χ0v) is 23.9. The van der Waals surface area contributed by atoms with E-state index < -0.39 is 11.6 Å². The van der Waals surface area contributed by atoms with Crippen LogP contribution in [-0.4, -0.2) is 33.3 Å². The summed E-state index contributed by atoms with van der Waals surface area (Å²) in [4.78, 5) is 18.7. The van der Waals surface area contributed by atoms with Crippen molar-refractivity contribution in [3.05, 3.63) is 94.0 Å². The van der Waals surface area contributed by atoms with Crippen LogP contribution in [0, 0.1) is 5.92 Å². The number of imidazole rings is 1. The average Bonchev–Trinajstić information content (AvgIpc) is 3.63. The molecule has 0 bridgehead atoms. The minimum atomic E-state index is -0.756. The van der Waals surface area contributed by atoms with Crippen molar-refractivity contribution in [1.29, 1.82) is 0 Å². The monoisotopic (exact) mass is 574 g/mol. The summed E-state index contributed by atoms with van der Waals surface area (Å²) in [7, 11) is 1.59. The predicted octanol–water partition coefficient (Wildman–Crippen LogP) is 8.06. The minimum Gasteiger partial charge on any atom is -0.511 e. The first-order valence-corrected chi connectivity index (χ1v) is 14.9. The number of aryl methyl sites for hydroxylation is 1. The maximum atomic E-state index is 13.7. The zero-order chi connectivity index (χ0) is 27.7. The maximum absolute atomic E-state index is 13.7. The van der Waals surface area contributed by atoms with Crippen LogP contribution < -0.4 is 4.74 Å². The third-order valence-corrected chi connectivity index (χ3v) is 9.46. The van der Waals surface area contributed by atoms with Gasteiger partial charge in [-0.1, -0.05) is 60.8 Å². The van der Waals surface area contributed by atoms with Gasteiger partial charge in [0.25, 0.3) is 0 Å². The average molecular weight is 575 g/mol. The van der Waals surface area contributed by atoms with Crippen LogP contribution in [0.1, 0.15) is 44.1 Å². The van der Waals surface area contributed by atoms with Gasteiger partial charge in [0, 0.05) is 12.1 Å². The highest BCUT2D eigenvalue weighted by molar-refractivity contribution is 8.03. The summed E-state index contributed by atoms with van der Waals surface area (Å²) < 4.78 is 13.7. The number of esters is 1. The number of rotatable bonds is 8. The van der Waals surface area contributed by atoms with Crippen LogP contribution in [0.2, 0.25) is 5.02 Å². The highest BCUT2D eigenvalue weighted by atomic mass is 35.5. The molecule has 1 unspecified atom stereocenters. The summed E-state index contributed by atoms with van der Waals surface area (Å²) in [6.07, 6.45) is 5.74. The predicted molar refractivity (Wildman–Crippen MR) is 158 cm³/mol. The van der Waals surface area contributed by atoms with E-state index in [2.05, 4.69) is 0 Å². The fraction of sp³-hybridized carbons (Fsp3) is 0.312. The Kier molecular flexibility index (Phi) is 7.51. The van der Waals surface area contributed by atoms with Gasteiger partial charge >= 0.3 is 5.97 Å². The van der Waals surface area contributed by atoms with E-state index in [0.29, 0.717) is 35.2 Å². The lowest BCUT2D eigenvalue weighted by molar-refractivity contribution is -0.166. The number of para-hydroxylation sites is 3. The molecule has 1 fully saturated rings. The Morgan fingerprint density at radius 3 is 2.58 bits per heavy atom. The van der Waals surface area contributed by atoms with Gasteiger partial charge in [-0.05, 0) is 85.3 Å². The molecule has 6 rings (SSSR count). The van der Waals surface area contributed by atoms with Crippen LogP contribution in [0.3, 0.4) is 0 Å². The molecule has 8 heteroatoms. The van der Waals surface area contributed by atoms with E-state index in [4.69, 9.17) is 26.1 Å². The molecular formula is C32H31ClN2O4S. The zero-order valence-electron chi connectivity index (χ0n) is 22.3. The van der Waals surface area contributed by atoms with Gasteiger partial charge in [-0.2, -0.15) is 0 Å². The molecule has 1 N–H and O–H groups in total. The number of aromatic nitrogens is 2. The highest BCUT2D eigenvalue weighted by Gasteiger charge is 2.48. The van der Waals surface area contributed by atoms with Crippen molar-refractivity contribution in [2.75, 3.05) is 7.11 Å². The highest BCUT2D eigenvalue weighted by Crippen LogP contribution is 2.48. The number of hydrogen-bond donors (Lipinski definition) is 1. The molecule has 40 heavy (non-hydrogen) atoms. The first kappa shape index (κ1) is 26.8. The van der Waals surface area contributed by atoms with Crippen molar-refractivity contribution in [1.82, 2.24) is 9.55 Å². The number of carbonyl (C=O) groups excluding carboxylic acids is 1. The number of hydrogen-bond acceptors (Lipinski definition) is 6. The summed E-state index contributed by atoms with van der Waals surface area (Å²) in [6.45, 7) is 0. The lowest BCUT2D eigenvalue weighted by Crippen LogP contribution is -2.45. The van der Waals surface area contributed by atoms with E-state index in [1.807, 2.05) is 77.4 Å². The molecule has 6 nitrogen and oxygen atoms in total. The number of benzene rings is 3. The Morgan fingerprint density at radius 1 is 1.10 bits per heavy atom. The Labute approximate surface area is 243 Å². The fourth-order valence-corrected chi connectivity index (χ4v) is 7.30. The molecule has 1 aliphatic carbocycles. The van der Waals surface area contributed by atoms with E-state index in [9.17, 15) is 9.90 Å². The molecule has 0 radical (unpaired) electrons. The largest absolute Gasteiger partial charge is 0.511 e. The minimum absolute atomic E-state index is 0.0765. The Hall–Kier alpha value is -3.42. The number of halogens is 1. The van der Waals surface area contributed by atoms with Gasteiger partial charge in [0.15, 0.2) is 5.16 Å². The lowest BCUT2D eigenvalue weighted by atomic mass is 9.77. The van der Waals surface area contributed by atoms with Gasteiger partial charge in [-0.25, -0.2) is 9.78 Å². The van der Waals surface area contributed by atoms with Crippen LogP contribution in [0.5, 0.6) is 5.75 Å². The first-order valence-electron chi connectivity index (χ1n) is 13.7. The van der Waals surface area contributed by atoms with Crippen molar-refractivity contribution in [2.24, 2.45) is 5.92 Å². The molecule has 4 aromatic rings. The number of carbonyl (C=O) groups is 1. The molecular weight excluding hydrogens is 544 g/mol. The molecule has 2 aliphatic rings. The lowest BCUT2D eigenvalue weighted by Gasteiger charge is -2.41. The second kappa shape index (κ2) is 11.2. The SMILES string of the molecule is COc1ccc(CCC2(C3CCCC3)CC(O)=C(Sc3nc4ccccc4n3-c3ccccc3)C(=O)O2)cc1Cl. The second-order valence-corrected chi connectivity index (χ2v) is 11.9. The molecule has 1 aliphatic heterocycles. The summed E-state index contributed by atoms with van der Waals surface area (Å²) in [5.41, 5.74) is 2.96. The molecule has 1 aromatic heterocycles. The van der Waals surface area contributed by atoms with E-state index >= 15 is 0 Å². The van der Waals surface area contributed by atoms with Crippen LogP contribution in [-0.2, 0) is 16.0 Å². The quantitative estimate of drug-likeness (QED) is 0.215. The van der Waals surface area contributed by atoms with Crippen LogP contribution in [0.4, 0.5) is 0 Å². The summed E-state index contributed by atoms with van der Waals surface area (Å²) in [6, 6.07) is 23.5. The number of fused-ring (bicyclic) bond motifs is 1. The van der Waals surface area contributed by atoms with Crippen molar-refractivity contribution in [2.45, 2.75) is 55.7 Å². The van der Waals surface area contributed by atoms with Gasteiger partial charge in [0.05, 0.1) is 23.2 Å². The van der Waals surface area contributed by atoms with Crippen molar-refractivity contribution in [3.63, 3.8) is 0 Å². The molecule has 0 amide bonds. The van der Waals surface area contributed by atoms with Crippen molar-refractivity contribution >= 4 is 40.4 Å². The van der Waals surface area contributed by atoms with Gasteiger partial charge in [-0.15, -0.1) is 0 Å². The molecule has 0 spiro atoms. The van der Waals surface area contributed by atoms with E-state index in [1.165, 1.54) is 11.8 Å². The smallest absolute Gasteiger partial charge is 0.349 e. The molecule has 2 heterocycles. The van der Waals surface area contributed by atoms with Gasteiger partial charge in [0.2, 0.25) is 0 Å². The Balaban J connectivity index is 1.32. The molecule has 0 saturated heterocycles. The number of cyclic esters (lactones) is 1. The second-order valence-electron chi connectivity index (χ2n) is 10.5. The standard InChI is InChI=1S/C32H31ClN2O4S/c1-38-28-16-15-21(19-24(28)33)17-18-32(22-9-5-6-10-22)20-27(36)29(30(37)39-32)40-31-34-25-13-7-8-14-26(25)35(31)23-11-3-2-4-12-23/h2-4,7-8,11-16,19,22,36H,5-6,9-10,17-18,20H2,1H3. The van der Waals surface area contributed by atoms with Crippen molar-refractivity contribution < 1.29 is 19.4 Å². The van der Waals surface area contributed by atoms with Gasteiger partial charge in [0.1, 0.15) is 22.0 Å². The van der Waals surface area contributed by atoms with Gasteiger partial charge < -0.3 is 14.6 Å².